The van der Waals surface area contributed by atoms with Crippen molar-refractivity contribution >= 4 is 5.95 Å². The average molecular weight is 367 g/mol. The van der Waals surface area contributed by atoms with Crippen molar-refractivity contribution in [3.63, 3.8) is 0 Å². The molecule has 0 saturated carbocycles. The fraction of sp³-hybridized carbons (Fsp3) is 0.174. The summed E-state index contributed by atoms with van der Waals surface area (Å²) >= 11 is 0. The van der Waals surface area contributed by atoms with E-state index in [2.05, 4.69) is 81.2 Å². The van der Waals surface area contributed by atoms with Gasteiger partial charge in [0, 0.05) is 49.6 Å². The second-order valence-corrected chi connectivity index (χ2v) is 7.09. The van der Waals surface area contributed by atoms with Gasteiger partial charge in [-0.3, -0.25) is 4.68 Å². The first-order valence-electron chi connectivity index (χ1n) is 9.49. The molecular formula is C23H21N5. The summed E-state index contributed by atoms with van der Waals surface area (Å²) in [6.07, 6.45) is 3.60. The summed E-state index contributed by atoms with van der Waals surface area (Å²) in [5.41, 5.74) is 5.99. The van der Waals surface area contributed by atoms with E-state index in [0.29, 0.717) is 0 Å². The highest BCUT2D eigenvalue weighted by Crippen LogP contribution is 2.38. The summed E-state index contributed by atoms with van der Waals surface area (Å²) in [6.45, 7) is 1.58. The zero-order valence-electron chi connectivity index (χ0n) is 15.7. The molecule has 0 bridgehead atoms. The number of rotatable bonds is 3. The highest BCUT2D eigenvalue weighted by Gasteiger charge is 2.33. The van der Waals surface area contributed by atoms with Crippen LogP contribution in [0.25, 0.3) is 11.3 Å². The summed E-state index contributed by atoms with van der Waals surface area (Å²) in [5, 5.41) is 4.92. The van der Waals surface area contributed by atoms with Crippen molar-refractivity contribution in [2.24, 2.45) is 7.05 Å². The van der Waals surface area contributed by atoms with Crippen LogP contribution in [0.4, 0.5) is 5.95 Å². The van der Waals surface area contributed by atoms with Crippen LogP contribution < -0.4 is 4.90 Å². The number of hydrogen-bond donors (Lipinski definition) is 0. The highest BCUT2D eigenvalue weighted by atomic mass is 15.3. The molecule has 0 radical (unpaired) electrons. The molecule has 0 aliphatic carbocycles. The zero-order valence-corrected chi connectivity index (χ0v) is 15.7. The third-order valence-electron chi connectivity index (χ3n) is 5.36. The Morgan fingerprint density at radius 1 is 0.857 bits per heavy atom. The minimum absolute atomic E-state index is 0.212. The lowest BCUT2D eigenvalue weighted by Gasteiger charge is -2.33. The summed E-state index contributed by atoms with van der Waals surface area (Å²) in [4.78, 5) is 11.3. The van der Waals surface area contributed by atoms with E-state index < -0.39 is 0 Å². The lowest BCUT2D eigenvalue weighted by Crippen LogP contribution is -2.36. The van der Waals surface area contributed by atoms with Gasteiger partial charge in [0.05, 0.1) is 11.4 Å². The van der Waals surface area contributed by atoms with Crippen LogP contribution in [0.15, 0.2) is 79.1 Å². The SMILES string of the molecule is Cn1nc(-c2ccccc2)c2c1[C@H](c1ccccc1)CN(c1ncccn1)C2. The predicted octanol–water partition coefficient (Wildman–Crippen LogP) is 4.03. The van der Waals surface area contributed by atoms with Gasteiger partial charge in [0.25, 0.3) is 0 Å². The van der Waals surface area contributed by atoms with Crippen molar-refractivity contribution in [2.45, 2.75) is 12.5 Å². The molecule has 0 amide bonds. The van der Waals surface area contributed by atoms with Crippen LogP contribution in [-0.2, 0) is 13.6 Å². The highest BCUT2D eigenvalue weighted by molar-refractivity contribution is 5.66. The maximum absolute atomic E-state index is 4.92. The lowest BCUT2D eigenvalue weighted by molar-refractivity contribution is 0.595. The fourth-order valence-electron chi connectivity index (χ4n) is 4.12. The second-order valence-electron chi connectivity index (χ2n) is 7.09. The fourth-order valence-corrected chi connectivity index (χ4v) is 4.12. The Morgan fingerprint density at radius 3 is 2.25 bits per heavy atom. The maximum Gasteiger partial charge on any atom is 0.225 e. The van der Waals surface area contributed by atoms with Gasteiger partial charge < -0.3 is 4.90 Å². The van der Waals surface area contributed by atoms with Crippen LogP contribution in [0.5, 0.6) is 0 Å². The zero-order chi connectivity index (χ0) is 18.9. The second kappa shape index (κ2) is 6.93. The first-order chi connectivity index (χ1) is 13.8. The normalized spacial score (nSPS) is 16.0. The van der Waals surface area contributed by atoms with Crippen molar-refractivity contribution in [1.82, 2.24) is 19.7 Å². The molecule has 138 valence electrons. The number of benzene rings is 2. The number of aromatic nitrogens is 4. The molecule has 1 atom stereocenters. The molecule has 5 rings (SSSR count). The molecule has 5 heteroatoms. The average Bonchev–Trinajstić information content (AvgIpc) is 3.11. The quantitative estimate of drug-likeness (QED) is 0.548. The third-order valence-corrected chi connectivity index (χ3v) is 5.36. The van der Waals surface area contributed by atoms with Crippen molar-refractivity contribution in [3.8, 4) is 11.3 Å². The molecule has 2 aromatic carbocycles. The van der Waals surface area contributed by atoms with Gasteiger partial charge in [0.15, 0.2) is 0 Å². The van der Waals surface area contributed by atoms with E-state index in [4.69, 9.17) is 5.10 Å². The molecule has 0 saturated heterocycles. The van der Waals surface area contributed by atoms with Gasteiger partial charge >= 0.3 is 0 Å². The van der Waals surface area contributed by atoms with E-state index in [1.54, 1.807) is 12.4 Å². The van der Waals surface area contributed by atoms with E-state index in [9.17, 15) is 0 Å². The van der Waals surface area contributed by atoms with Gasteiger partial charge in [-0.25, -0.2) is 9.97 Å². The van der Waals surface area contributed by atoms with E-state index in [0.717, 1.165) is 30.3 Å². The summed E-state index contributed by atoms with van der Waals surface area (Å²) < 4.78 is 2.05. The van der Waals surface area contributed by atoms with E-state index in [1.807, 2.05) is 12.1 Å². The summed E-state index contributed by atoms with van der Waals surface area (Å²) in [7, 11) is 2.05. The van der Waals surface area contributed by atoms with Crippen molar-refractivity contribution in [1.29, 1.82) is 0 Å². The van der Waals surface area contributed by atoms with Gasteiger partial charge in [0.1, 0.15) is 0 Å². The van der Waals surface area contributed by atoms with Crippen LogP contribution >= 0.6 is 0 Å². The number of anilines is 1. The van der Waals surface area contributed by atoms with Crippen LogP contribution in [0, 0.1) is 0 Å². The van der Waals surface area contributed by atoms with Crippen LogP contribution in [0.1, 0.15) is 22.7 Å². The van der Waals surface area contributed by atoms with Crippen LogP contribution in [0.2, 0.25) is 0 Å². The molecular weight excluding hydrogens is 346 g/mol. The Hall–Kier alpha value is -3.47. The molecule has 5 nitrogen and oxygen atoms in total. The molecule has 28 heavy (non-hydrogen) atoms. The Kier molecular flexibility index (Phi) is 4.13. The van der Waals surface area contributed by atoms with Crippen LogP contribution in [-0.4, -0.2) is 26.3 Å². The summed E-state index contributed by atoms with van der Waals surface area (Å²) in [5.74, 6) is 0.973. The molecule has 0 spiro atoms. The van der Waals surface area contributed by atoms with E-state index in [1.165, 1.54) is 16.8 Å². The Morgan fingerprint density at radius 2 is 1.54 bits per heavy atom. The Balaban J connectivity index is 1.68. The van der Waals surface area contributed by atoms with Gasteiger partial charge in [-0.05, 0) is 11.6 Å². The molecule has 1 aliphatic heterocycles. The molecule has 4 aromatic rings. The van der Waals surface area contributed by atoms with E-state index in [-0.39, 0.29) is 5.92 Å². The molecule has 0 unspecified atom stereocenters. The third kappa shape index (κ3) is 2.85. The number of aryl methyl sites for hydroxylation is 1. The lowest BCUT2D eigenvalue weighted by atomic mass is 9.88. The molecule has 2 aromatic heterocycles. The Labute approximate surface area is 164 Å². The standard InChI is InChI=1S/C23H21N5/c1-27-22-19(17-9-4-2-5-10-17)15-28(23-24-13-8-14-25-23)16-20(22)21(26-27)18-11-6-3-7-12-18/h2-14,19H,15-16H2,1H3/t19-/m0/s1. The smallest absolute Gasteiger partial charge is 0.225 e. The summed E-state index contributed by atoms with van der Waals surface area (Å²) in [6, 6.07) is 22.9. The molecule has 0 N–H and O–H groups in total. The Bertz CT molecular complexity index is 1070. The van der Waals surface area contributed by atoms with Crippen molar-refractivity contribution < 1.29 is 0 Å². The minimum atomic E-state index is 0.212. The maximum atomic E-state index is 4.92. The number of hydrogen-bond acceptors (Lipinski definition) is 4. The van der Waals surface area contributed by atoms with E-state index >= 15 is 0 Å². The minimum Gasteiger partial charge on any atom is -0.335 e. The monoisotopic (exact) mass is 367 g/mol. The van der Waals surface area contributed by atoms with Gasteiger partial charge in [-0.1, -0.05) is 60.7 Å². The first-order valence-corrected chi connectivity index (χ1v) is 9.49. The van der Waals surface area contributed by atoms with Crippen molar-refractivity contribution in [2.75, 3.05) is 11.4 Å². The van der Waals surface area contributed by atoms with Gasteiger partial charge in [-0.15, -0.1) is 0 Å². The van der Waals surface area contributed by atoms with Gasteiger partial charge in [-0.2, -0.15) is 5.10 Å². The molecule has 0 fully saturated rings. The molecule has 1 aliphatic rings. The molecule has 3 heterocycles. The topological polar surface area (TPSA) is 46.8 Å². The van der Waals surface area contributed by atoms with Gasteiger partial charge in [0.2, 0.25) is 5.95 Å². The van der Waals surface area contributed by atoms with Crippen molar-refractivity contribution in [3.05, 3.63) is 95.9 Å². The largest absolute Gasteiger partial charge is 0.335 e. The predicted molar refractivity (Wildman–Crippen MR) is 110 cm³/mol. The van der Waals surface area contributed by atoms with Crippen LogP contribution in [0.3, 0.4) is 0 Å². The number of fused-ring (bicyclic) bond motifs is 1. The first kappa shape index (κ1) is 16.7. The number of nitrogens with zero attached hydrogens (tertiary/aromatic N) is 5.